The van der Waals surface area contributed by atoms with Crippen LogP contribution >= 0.6 is 11.3 Å². The van der Waals surface area contributed by atoms with Gasteiger partial charge in [-0.15, -0.1) is 11.3 Å². The molecule has 1 aliphatic heterocycles. The lowest BCUT2D eigenvalue weighted by Gasteiger charge is -2.37. The van der Waals surface area contributed by atoms with Gasteiger partial charge in [0.25, 0.3) is 0 Å². The maximum Gasteiger partial charge on any atom is 0.341 e. The Kier molecular flexibility index (Phi) is 5.02. The zero-order valence-electron chi connectivity index (χ0n) is 12.8. The molecule has 0 aliphatic carbocycles. The summed E-state index contributed by atoms with van der Waals surface area (Å²) in [6.07, 6.45) is 0. The van der Waals surface area contributed by atoms with Crippen LogP contribution in [-0.2, 0) is 9.53 Å². The minimum absolute atomic E-state index is 0.0345. The molecule has 7 nitrogen and oxygen atoms in total. The molecular formula is C14H19N3O4S. The number of urea groups is 1. The van der Waals surface area contributed by atoms with Crippen LogP contribution in [0.5, 0.6) is 0 Å². The number of carbonyl (C=O) groups excluding carboxylic acids is 3. The van der Waals surface area contributed by atoms with E-state index in [-0.39, 0.29) is 31.1 Å². The summed E-state index contributed by atoms with van der Waals surface area (Å²) in [6.45, 7) is 4.36. The lowest BCUT2D eigenvalue weighted by molar-refractivity contribution is -0.135. The Balaban J connectivity index is 2.05. The van der Waals surface area contributed by atoms with E-state index in [2.05, 4.69) is 5.32 Å². The summed E-state index contributed by atoms with van der Waals surface area (Å²) < 4.78 is 4.94. The van der Waals surface area contributed by atoms with E-state index in [1.807, 2.05) is 6.92 Å². The molecule has 1 saturated heterocycles. The largest absolute Gasteiger partial charge is 0.462 e. The molecule has 1 fully saturated rings. The third kappa shape index (κ3) is 3.38. The van der Waals surface area contributed by atoms with Crippen LogP contribution < -0.4 is 5.32 Å². The number of anilines is 1. The van der Waals surface area contributed by atoms with Gasteiger partial charge in [-0.3, -0.25) is 10.1 Å². The van der Waals surface area contributed by atoms with E-state index in [9.17, 15) is 14.4 Å². The molecule has 1 aliphatic rings. The van der Waals surface area contributed by atoms with Crippen molar-refractivity contribution in [2.75, 3.05) is 32.1 Å². The number of piperazine rings is 1. The van der Waals surface area contributed by atoms with E-state index < -0.39 is 5.97 Å². The first-order valence-electron chi connectivity index (χ1n) is 7.00. The number of nitrogens with zero attached hydrogens (tertiary/aromatic N) is 2. The zero-order valence-corrected chi connectivity index (χ0v) is 13.6. The molecule has 0 spiro atoms. The maximum absolute atomic E-state index is 12.3. The van der Waals surface area contributed by atoms with Gasteiger partial charge in [-0.25, -0.2) is 9.59 Å². The van der Waals surface area contributed by atoms with E-state index in [0.29, 0.717) is 17.1 Å². The molecule has 1 atom stereocenters. The third-order valence-electron chi connectivity index (χ3n) is 3.53. The van der Waals surface area contributed by atoms with Gasteiger partial charge >= 0.3 is 12.0 Å². The third-order valence-corrected chi connectivity index (χ3v) is 4.36. The summed E-state index contributed by atoms with van der Waals surface area (Å²) in [5.41, 5.74) is 0.328. The number of nitrogens with one attached hydrogen (secondary N) is 1. The summed E-state index contributed by atoms with van der Waals surface area (Å²) in [7, 11) is 1.72. The van der Waals surface area contributed by atoms with Crippen molar-refractivity contribution in [3.63, 3.8) is 0 Å². The summed E-state index contributed by atoms with van der Waals surface area (Å²) >= 11 is 1.24. The lowest BCUT2D eigenvalue weighted by atomic mass is 10.2. The van der Waals surface area contributed by atoms with E-state index >= 15 is 0 Å². The molecule has 8 heteroatoms. The number of carbonyl (C=O) groups is 3. The molecule has 0 saturated carbocycles. The van der Waals surface area contributed by atoms with Crippen LogP contribution in [0.1, 0.15) is 24.2 Å². The van der Waals surface area contributed by atoms with Gasteiger partial charge in [-0.1, -0.05) is 0 Å². The van der Waals surface area contributed by atoms with Crippen molar-refractivity contribution in [3.8, 4) is 0 Å². The monoisotopic (exact) mass is 325 g/mol. The molecular weight excluding hydrogens is 306 g/mol. The lowest BCUT2D eigenvalue weighted by Crippen LogP contribution is -2.56. The molecule has 1 N–H and O–H groups in total. The first-order valence-corrected chi connectivity index (χ1v) is 7.88. The fourth-order valence-corrected chi connectivity index (χ4v) is 2.90. The van der Waals surface area contributed by atoms with Gasteiger partial charge in [0.2, 0.25) is 5.91 Å². The van der Waals surface area contributed by atoms with E-state index in [0.717, 1.165) is 0 Å². The van der Waals surface area contributed by atoms with E-state index in [4.69, 9.17) is 4.74 Å². The van der Waals surface area contributed by atoms with Crippen LogP contribution in [0.3, 0.4) is 0 Å². The predicted octanol–water partition coefficient (Wildman–Crippen LogP) is 1.62. The van der Waals surface area contributed by atoms with Gasteiger partial charge in [-0.2, -0.15) is 0 Å². The summed E-state index contributed by atoms with van der Waals surface area (Å²) in [5, 5.41) is 4.83. The Hall–Kier alpha value is -2.09. The molecule has 1 unspecified atom stereocenters. The van der Waals surface area contributed by atoms with Gasteiger partial charge in [-0.05, 0) is 25.3 Å². The Morgan fingerprint density at radius 1 is 1.50 bits per heavy atom. The van der Waals surface area contributed by atoms with Crippen molar-refractivity contribution in [2.45, 2.75) is 19.9 Å². The molecule has 2 heterocycles. The van der Waals surface area contributed by atoms with Crippen LogP contribution in [0.15, 0.2) is 11.4 Å². The highest BCUT2D eigenvalue weighted by molar-refractivity contribution is 7.14. The quantitative estimate of drug-likeness (QED) is 0.857. The molecule has 1 aromatic heterocycles. The first-order chi connectivity index (χ1) is 10.4. The fraction of sp³-hybridized carbons (Fsp3) is 0.500. The summed E-state index contributed by atoms with van der Waals surface area (Å²) in [4.78, 5) is 39.0. The van der Waals surface area contributed by atoms with Gasteiger partial charge in [0.1, 0.15) is 11.5 Å². The van der Waals surface area contributed by atoms with Crippen molar-refractivity contribution in [2.24, 2.45) is 0 Å². The Morgan fingerprint density at radius 3 is 2.86 bits per heavy atom. The molecule has 0 aromatic carbocycles. The van der Waals surface area contributed by atoms with Crippen molar-refractivity contribution in [1.29, 1.82) is 0 Å². The smallest absolute Gasteiger partial charge is 0.341 e. The van der Waals surface area contributed by atoms with Gasteiger partial charge < -0.3 is 14.5 Å². The van der Waals surface area contributed by atoms with Gasteiger partial charge in [0, 0.05) is 19.6 Å². The topological polar surface area (TPSA) is 79.0 Å². The average molecular weight is 325 g/mol. The summed E-state index contributed by atoms with van der Waals surface area (Å²) in [5.74, 6) is -0.576. The second-order valence-corrected chi connectivity index (χ2v) is 5.96. The van der Waals surface area contributed by atoms with E-state index in [1.54, 1.807) is 30.3 Å². The first kappa shape index (κ1) is 16.3. The molecule has 3 amide bonds. The van der Waals surface area contributed by atoms with Crippen molar-refractivity contribution < 1.29 is 19.1 Å². The number of rotatable bonds is 3. The van der Waals surface area contributed by atoms with Crippen molar-refractivity contribution in [3.05, 3.63) is 17.0 Å². The van der Waals surface area contributed by atoms with Crippen LogP contribution in [0.2, 0.25) is 0 Å². The second kappa shape index (κ2) is 6.78. The number of hydrogen-bond donors (Lipinski definition) is 1. The molecule has 120 valence electrons. The van der Waals surface area contributed by atoms with E-state index in [1.165, 1.54) is 16.2 Å². The Bertz CT molecular complexity index is 586. The maximum atomic E-state index is 12.3. The van der Waals surface area contributed by atoms with Crippen LogP contribution in [0.25, 0.3) is 0 Å². The highest BCUT2D eigenvalue weighted by atomic mass is 32.1. The molecule has 1 aromatic rings. The van der Waals surface area contributed by atoms with Crippen LogP contribution in [0.4, 0.5) is 9.80 Å². The normalized spacial score (nSPS) is 18.3. The molecule has 2 rings (SSSR count). The fourth-order valence-electron chi connectivity index (χ4n) is 2.13. The predicted molar refractivity (Wildman–Crippen MR) is 83.1 cm³/mol. The number of thiophene rings is 1. The highest BCUT2D eigenvalue weighted by Crippen LogP contribution is 2.24. The standard InChI is InChI=1S/C14H19N3O4S/c1-4-21-13(19)10-5-6-22-12(10)15-14(20)17-7-9(2)16(3)11(18)8-17/h5-6,9H,4,7-8H2,1-3H3,(H,15,20). The number of likely N-dealkylation sites (N-methyl/N-ethyl adjacent to an activating group) is 1. The van der Waals surface area contributed by atoms with Crippen LogP contribution in [0, 0.1) is 0 Å². The highest BCUT2D eigenvalue weighted by Gasteiger charge is 2.30. The van der Waals surface area contributed by atoms with Gasteiger partial charge in [0.05, 0.1) is 12.2 Å². The number of esters is 1. The Labute approximate surface area is 132 Å². The molecule has 0 bridgehead atoms. The van der Waals surface area contributed by atoms with Crippen molar-refractivity contribution in [1.82, 2.24) is 9.80 Å². The number of amides is 3. The Morgan fingerprint density at radius 2 is 2.23 bits per heavy atom. The van der Waals surface area contributed by atoms with Gasteiger partial charge in [0.15, 0.2) is 0 Å². The SMILES string of the molecule is CCOC(=O)c1ccsc1NC(=O)N1CC(=O)N(C)C(C)C1. The van der Waals surface area contributed by atoms with Crippen LogP contribution in [-0.4, -0.2) is 60.5 Å². The second-order valence-electron chi connectivity index (χ2n) is 5.05. The average Bonchev–Trinajstić information content (AvgIpc) is 2.92. The number of ether oxygens (including phenoxy) is 1. The number of hydrogen-bond acceptors (Lipinski definition) is 5. The molecule has 0 radical (unpaired) electrons. The molecule has 22 heavy (non-hydrogen) atoms. The minimum atomic E-state index is -0.470. The minimum Gasteiger partial charge on any atom is -0.462 e. The summed E-state index contributed by atoms with van der Waals surface area (Å²) in [6, 6.07) is 1.18. The van der Waals surface area contributed by atoms with Crippen molar-refractivity contribution >= 4 is 34.2 Å². The zero-order chi connectivity index (χ0) is 16.3.